The number of amides is 1. The number of rotatable bonds is 11. The minimum atomic E-state index is -1.09. The van der Waals surface area contributed by atoms with Gasteiger partial charge in [-0.05, 0) is 43.7 Å². The fraction of sp³-hybridized carbons (Fsp3) is 0.480. The van der Waals surface area contributed by atoms with E-state index in [-0.39, 0.29) is 12.1 Å². The summed E-state index contributed by atoms with van der Waals surface area (Å²) in [5.41, 5.74) is 0.568. The van der Waals surface area contributed by atoms with Crippen LogP contribution in [0.3, 0.4) is 0 Å². The molecule has 1 fully saturated rings. The van der Waals surface area contributed by atoms with Crippen molar-refractivity contribution < 1.29 is 28.7 Å². The van der Waals surface area contributed by atoms with E-state index in [1.54, 1.807) is 25.4 Å². The number of hydrogen-bond donors (Lipinski definition) is 3. The SMILES string of the molecule is Cc1nc(-c2cnc(N3CCC(CCCOc4ccc(C(=O)NCC(O)CO)c(F)c4)CC3)nc2)no1. The Hall–Kier alpha value is -3.64. The summed E-state index contributed by atoms with van der Waals surface area (Å²) in [6.07, 6.45) is 6.22. The molecule has 0 aliphatic carbocycles. The number of piperidine rings is 1. The lowest BCUT2D eigenvalue weighted by Gasteiger charge is -2.32. The lowest BCUT2D eigenvalue weighted by molar-refractivity contribution is 0.0799. The van der Waals surface area contributed by atoms with E-state index in [4.69, 9.17) is 14.4 Å². The van der Waals surface area contributed by atoms with Crippen LogP contribution < -0.4 is 15.0 Å². The van der Waals surface area contributed by atoms with Crippen molar-refractivity contribution in [3.05, 3.63) is 47.9 Å². The maximum atomic E-state index is 14.3. The highest BCUT2D eigenvalue weighted by molar-refractivity contribution is 5.94. The van der Waals surface area contributed by atoms with Gasteiger partial charge in [0.15, 0.2) is 0 Å². The summed E-state index contributed by atoms with van der Waals surface area (Å²) in [6.45, 7) is 3.28. The average molecular weight is 515 g/mol. The lowest BCUT2D eigenvalue weighted by atomic mass is 9.92. The van der Waals surface area contributed by atoms with Crippen molar-refractivity contribution in [3.63, 3.8) is 0 Å². The fourth-order valence-electron chi connectivity index (χ4n) is 4.14. The summed E-state index contributed by atoms with van der Waals surface area (Å²) in [4.78, 5) is 27.3. The van der Waals surface area contributed by atoms with Gasteiger partial charge in [-0.2, -0.15) is 4.98 Å². The van der Waals surface area contributed by atoms with Crippen molar-refractivity contribution in [3.8, 4) is 17.1 Å². The smallest absolute Gasteiger partial charge is 0.254 e. The van der Waals surface area contributed by atoms with E-state index in [2.05, 4.69) is 30.3 Å². The van der Waals surface area contributed by atoms with Gasteiger partial charge in [-0.15, -0.1) is 0 Å². The third-order valence-electron chi connectivity index (χ3n) is 6.24. The normalized spacial score (nSPS) is 15.0. The molecule has 1 aliphatic heterocycles. The minimum absolute atomic E-state index is 0.146. The molecule has 1 amide bonds. The first kappa shape index (κ1) is 26.4. The summed E-state index contributed by atoms with van der Waals surface area (Å²) >= 11 is 0. The summed E-state index contributed by atoms with van der Waals surface area (Å²) < 4.78 is 25.0. The second kappa shape index (κ2) is 12.5. The number of halogens is 1. The molecule has 1 saturated heterocycles. The molecule has 0 saturated carbocycles. The van der Waals surface area contributed by atoms with Gasteiger partial charge >= 0.3 is 0 Å². The van der Waals surface area contributed by atoms with Crippen LogP contribution in [0, 0.1) is 18.7 Å². The van der Waals surface area contributed by atoms with Crippen LogP contribution in [0.1, 0.15) is 41.9 Å². The quantitative estimate of drug-likeness (QED) is 0.325. The number of carbonyl (C=O) groups excluding carboxylic acids is 1. The van der Waals surface area contributed by atoms with Crippen molar-refractivity contribution in [1.82, 2.24) is 25.4 Å². The third-order valence-corrected chi connectivity index (χ3v) is 6.24. The van der Waals surface area contributed by atoms with E-state index in [0.29, 0.717) is 41.5 Å². The molecule has 198 valence electrons. The van der Waals surface area contributed by atoms with Gasteiger partial charge in [-0.25, -0.2) is 14.4 Å². The highest BCUT2D eigenvalue weighted by Gasteiger charge is 2.21. The Bertz CT molecular complexity index is 1170. The number of aryl methyl sites for hydroxylation is 1. The molecule has 1 unspecified atom stereocenters. The van der Waals surface area contributed by atoms with Crippen molar-refractivity contribution in [1.29, 1.82) is 0 Å². The first-order chi connectivity index (χ1) is 17.9. The monoisotopic (exact) mass is 514 g/mol. The molecule has 3 N–H and O–H groups in total. The number of carbonyl (C=O) groups is 1. The number of aromatic nitrogens is 4. The second-order valence-electron chi connectivity index (χ2n) is 9.02. The number of nitrogens with zero attached hydrogens (tertiary/aromatic N) is 5. The van der Waals surface area contributed by atoms with Gasteiger partial charge in [0.1, 0.15) is 11.6 Å². The molecule has 1 aromatic carbocycles. The Labute approximate surface area is 213 Å². The van der Waals surface area contributed by atoms with Crippen LogP contribution in [0.15, 0.2) is 35.1 Å². The van der Waals surface area contributed by atoms with Crippen LogP contribution >= 0.6 is 0 Å². The molecule has 0 radical (unpaired) electrons. The Morgan fingerprint density at radius 1 is 1.30 bits per heavy atom. The van der Waals surface area contributed by atoms with Crippen LogP contribution in [-0.2, 0) is 0 Å². The predicted molar refractivity (Wildman–Crippen MR) is 132 cm³/mol. The third kappa shape index (κ3) is 7.20. The maximum absolute atomic E-state index is 14.3. The molecule has 2 aromatic heterocycles. The molecule has 3 heterocycles. The van der Waals surface area contributed by atoms with Gasteiger partial charge in [0, 0.05) is 45.0 Å². The van der Waals surface area contributed by atoms with Crippen LogP contribution in [0.4, 0.5) is 10.3 Å². The summed E-state index contributed by atoms with van der Waals surface area (Å²) in [5, 5.41) is 24.3. The molecule has 0 spiro atoms. The molecular formula is C25H31FN6O5. The van der Waals surface area contributed by atoms with E-state index < -0.39 is 24.4 Å². The van der Waals surface area contributed by atoms with Crippen LogP contribution in [0.2, 0.25) is 0 Å². The number of nitrogens with one attached hydrogen (secondary N) is 1. The molecule has 37 heavy (non-hydrogen) atoms. The van der Waals surface area contributed by atoms with Gasteiger partial charge in [0.25, 0.3) is 5.91 Å². The van der Waals surface area contributed by atoms with E-state index in [0.717, 1.165) is 38.8 Å². The largest absolute Gasteiger partial charge is 0.493 e. The van der Waals surface area contributed by atoms with Gasteiger partial charge in [0.2, 0.25) is 17.7 Å². The summed E-state index contributed by atoms with van der Waals surface area (Å²) in [6, 6.07) is 4.07. The van der Waals surface area contributed by atoms with Gasteiger partial charge in [-0.3, -0.25) is 4.79 Å². The standard InChI is InChI=1S/C25H31FN6O5/c1-16-30-23(31-37-16)18-12-28-25(29-13-18)32-8-6-17(7-9-32)3-2-10-36-20-4-5-21(22(26)11-20)24(35)27-14-19(34)15-33/h4-5,11-13,17,19,33-34H,2-3,6-10,14-15H2,1H3,(H,27,35). The summed E-state index contributed by atoms with van der Waals surface area (Å²) in [7, 11) is 0. The molecule has 3 aromatic rings. The van der Waals surface area contributed by atoms with Crippen LogP contribution in [-0.4, -0.2) is 75.2 Å². The highest BCUT2D eigenvalue weighted by Crippen LogP contribution is 2.25. The van der Waals surface area contributed by atoms with Crippen LogP contribution in [0.25, 0.3) is 11.4 Å². The Balaban J connectivity index is 1.16. The topological polar surface area (TPSA) is 147 Å². The first-order valence-electron chi connectivity index (χ1n) is 12.3. The molecule has 11 nitrogen and oxygen atoms in total. The molecular weight excluding hydrogens is 483 g/mol. The average Bonchev–Trinajstić information content (AvgIpc) is 3.36. The minimum Gasteiger partial charge on any atom is -0.493 e. The zero-order chi connectivity index (χ0) is 26.2. The van der Waals surface area contributed by atoms with Gasteiger partial charge < -0.3 is 29.7 Å². The second-order valence-corrected chi connectivity index (χ2v) is 9.02. The van der Waals surface area contributed by atoms with E-state index in [1.807, 2.05) is 0 Å². The van der Waals surface area contributed by atoms with E-state index in [9.17, 15) is 14.3 Å². The van der Waals surface area contributed by atoms with E-state index >= 15 is 0 Å². The molecule has 0 bridgehead atoms. The lowest BCUT2D eigenvalue weighted by Crippen LogP contribution is -2.34. The molecule has 1 aliphatic rings. The number of aliphatic hydroxyl groups excluding tert-OH is 2. The van der Waals surface area contributed by atoms with Crippen molar-refractivity contribution in [2.45, 2.75) is 38.7 Å². The molecule has 1 atom stereocenters. The maximum Gasteiger partial charge on any atom is 0.254 e. The number of benzene rings is 1. The zero-order valence-electron chi connectivity index (χ0n) is 20.6. The fourth-order valence-corrected chi connectivity index (χ4v) is 4.14. The van der Waals surface area contributed by atoms with Crippen LogP contribution in [0.5, 0.6) is 5.75 Å². The molecule has 12 heteroatoms. The van der Waals surface area contributed by atoms with Crippen molar-refractivity contribution in [2.24, 2.45) is 5.92 Å². The van der Waals surface area contributed by atoms with Gasteiger partial charge in [-0.1, -0.05) is 5.16 Å². The summed E-state index contributed by atoms with van der Waals surface area (Å²) in [5.74, 6) is 1.22. The highest BCUT2D eigenvalue weighted by atomic mass is 19.1. The van der Waals surface area contributed by atoms with Crippen molar-refractivity contribution >= 4 is 11.9 Å². The molecule has 4 rings (SSSR count). The zero-order valence-corrected chi connectivity index (χ0v) is 20.6. The van der Waals surface area contributed by atoms with E-state index in [1.165, 1.54) is 12.1 Å². The van der Waals surface area contributed by atoms with Gasteiger partial charge in [0.05, 0.1) is 30.4 Å². The first-order valence-corrected chi connectivity index (χ1v) is 12.3. The van der Waals surface area contributed by atoms with Crippen molar-refractivity contribution in [2.75, 3.05) is 37.7 Å². The Morgan fingerprint density at radius 3 is 2.70 bits per heavy atom. The number of ether oxygens (including phenoxy) is 1. The number of anilines is 1. The Morgan fingerprint density at radius 2 is 2.05 bits per heavy atom. The Kier molecular flexibility index (Phi) is 8.96. The number of hydrogen-bond acceptors (Lipinski definition) is 10. The predicted octanol–water partition coefficient (Wildman–Crippen LogP) is 2.13. The number of aliphatic hydroxyl groups is 2.